The summed E-state index contributed by atoms with van der Waals surface area (Å²) >= 11 is 0. The molecule has 0 amide bonds. The van der Waals surface area contributed by atoms with Gasteiger partial charge in [-0.15, -0.1) is 0 Å². The van der Waals surface area contributed by atoms with Crippen LogP contribution in [0.25, 0.3) is 33.4 Å². The fraction of sp³-hybridized carbons (Fsp3) is 0.189. The molecule has 5 aliphatic rings. The largest absolute Gasteiger partial charge is 0.261 e. The second-order valence-electron chi connectivity index (χ2n) is 15.5. The van der Waals surface area contributed by atoms with Gasteiger partial charge in [-0.05, 0) is 143 Å². The number of fused-ring (bicyclic) bond motifs is 9. The van der Waals surface area contributed by atoms with Gasteiger partial charge in [-0.25, -0.2) is 9.98 Å². The molecule has 0 aliphatic heterocycles. The molecule has 1 spiro atoms. The number of amidine groups is 2. The number of nitrogens with zero attached hydrogens (tertiary/aromatic N) is 3. The molecule has 1 atom stereocenters. The van der Waals surface area contributed by atoms with Crippen LogP contribution in [0, 0.1) is 0 Å². The summed E-state index contributed by atoms with van der Waals surface area (Å²) in [5, 5.41) is 0. The van der Waals surface area contributed by atoms with E-state index in [1.54, 1.807) is 11.1 Å². The van der Waals surface area contributed by atoms with Crippen LogP contribution in [0.3, 0.4) is 0 Å². The van der Waals surface area contributed by atoms with Crippen molar-refractivity contribution in [2.75, 3.05) is 0 Å². The molecule has 1 unspecified atom stereocenters. The summed E-state index contributed by atoms with van der Waals surface area (Å²) < 4.78 is 0. The van der Waals surface area contributed by atoms with Crippen LogP contribution in [-0.2, 0) is 12.0 Å². The standard InChI is InChI=1S/C53H45N3/c1-54-51(37-18-4-2-5-19-37)56-52(38-20-6-3-7-21-38)55-35-36-17-14-22-39(33-36)40-23-15-24-41(34-40)42-28-16-29-46-45-27-10-13-32-49(45)53(50(42)46)47-30-11-8-25-43(47)44-26-9-12-31-48(44)53/h2,4-6,8,11,14-25,27-30,32-34H,1,3,7,9-10,12-13,26,31,35H2. The zero-order valence-electron chi connectivity index (χ0n) is 31.8. The third kappa shape index (κ3) is 5.68. The van der Waals surface area contributed by atoms with Gasteiger partial charge in [0.1, 0.15) is 0 Å². The van der Waals surface area contributed by atoms with E-state index in [0.29, 0.717) is 18.2 Å². The minimum absolute atomic E-state index is 0.219. The highest BCUT2D eigenvalue weighted by Crippen LogP contribution is 2.67. The lowest BCUT2D eigenvalue weighted by Gasteiger charge is -2.36. The van der Waals surface area contributed by atoms with Gasteiger partial charge in [0.15, 0.2) is 11.7 Å². The lowest BCUT2D eigenvalue weighted by atomic mass is 9.65. The summed E-state index contributed by atoms with van der Waals surface area (Å²) in [6.45, 7) is 4.34. The van der Waals surface area contributed by atoms with Crippen LogP contribution < -0.4 is 0 Å². The summed E-state index contributed by atoms with van der Waals surface area (Å²) in [5.74, 6) is 1.26. The Balaban J connectivity index is 1.05. The molecule has 0 saturated heterocycles. The van der Waals surface area contributed by atoms with Crippen molar-refractivity contribution >= 4 is 29.5 Å². The van der Waals surface area contributed by atoms with Crippen molar-refractivity contribution in [2.45, 2.75) is 63.3 Å². The van der Waals surface area contributed by atoms with Gasteiger partial charge in [0, 0.05) is 11.1 Å². The highest BCUT2D eigenvalue weighted by Gasteiger charge is 2.55. The van der Waals surface area contributed by atoms with Crippen LogP contribution in [0.1, 0.15) is 84.7 Å². The zero-order valence-corrected chi connectivity index (χ0v) is 31.8. The highest BCUT2D eigenvalue weighted by atomic mass is 15.0. The number of benzene rings is 5. The van der Waals surface area contributed by atoms with E-state index in [9.17, 15) is 0 Å². The average molecular weight is 724 g/mol. The Morgan fingerprint density at radius 2 is 1.36 bits per heavy atom. The number of hydrogen-bond donors (Lipinski definition) is 0. The SMILES string of the molecule is C=NC(=NC(=NCc1cccc(-c2cccc(-c3cccc4c3C3(C5=CCCC=C54)C4=C(CCCC4)c4ccccc43)c2)c1)C1=CCCC=C1)c1ccccc1. The predicted molar refractivity (Wildman–Crippen MR) is 235 cm³/mol. The lowest BCUT2D eigenvalue weighted by molar-refractivity contribution is 0.640. The van der Waals surface area contributed by atoms with Crippen molar-refractivity contribution in [3.63, 3.8) is 0 Å². The maximum atomic E-state index is 5.10. The highest BCUT2D eigenvalue weighted by molar-refractivity contribution is 6.13. The Hall–Kier alpha value is -6.19. The van der Waals surface area contributed by atoms with Gasteiger partial charge in [0.25, 0.3) is 0 Å². The van der Waals surface area contributed by atoms with Crippen molar-refractivity contribution in [2.24, 2.45) is 15.0 Å². The molecule has 3 nitrogen and oxygen atoms in total. The first-order valence-corrected chi connectivity index (χ1v) is 20.3. The smallest absolute Gasteiger partial charge is 0.161 e. The van der Waals surface area contributed by atoms with Gasteiger partial charge in [0.2, 0.25) is 0 Å². The minimum atomic E-state index is -0.219. The molecule has 0 heterocycles. The predicted octanol–water partition coefficient (Wildman–Crippen LogP) is 13.1. The molecule has 0 fully saturated rings. The third-order valence-corrected chi connectivity index (χ3v) is 12.4. The van der Waals surface area contributed by atoms with Crippen molar-refractivity contribution < 1.29 is 0 Å². The van der Waals surface area contributed by atoms with Gasteiger partial charge in [-0.1, -0.05) is 140 Å². The molecule has 0 N–H and O–H groups in total. The topological polar surface area (TPSA) is 37.1 Å². The molecule has 0 radical (unpaired) electrons. The molecule has 56 heavy (non-hydrogen) atoms. The van der Waals surface area contributed by atoms with E-state index >= 15 is 0 Å². The average Bonchev–Trinajstić information content (AvgIpc) is 3.75. The Bertz CT molecular complexity index is 2620. The summed E-state index contributed by atoms with van der Waals surface area (Å²) in [4.78, 5) is 14.4. The molecule has 0 bridgehead atoms. The molecule has 0 saturated carbocycles. The summed E-state index contributed by atoms with van der Waals surface area (Å²) in [6.07, 6.45) is 20.7. The first-order chi connectivity index (χ1) is 27.7. The maximum Gasteiger partial charge on any atom is 0.161 e. The molecule has 10 rings (SSSR count). The number of hydrogen-bond acceptors (Lipinski definition) is 1. The minimum Gasteiger partial charge on any atom is -0.261 e. The maximum absolute atomic E-state index is 5.10. The first kappa shape index (κ1) is 34.3. The van der Waals surface area contributed by atoms with E-state index in [-0.39, 0.29) is 5.41 Å². The quantitative estimate of drug-likeness (QED) is 0.124. The fourth-order valence-electron chi connectivity index (χ4n) is 10.0. The Morgan fingerprint density at radius 1 is 0.625 bits per heavy atom. The monoisotopic (exact) mass is 723 g/mol. The van der Waals surface area contributed by atoms with Crippen LogP contribution in [-0.4, -0.2) is 18.4 Å². The Kier molecular flexibility index (Phi) is 8.87. The number of rotatable bonds is 6. The Morgan fingerprint density at radius 3 is 2.23 bits per heavy atom. The van der Waals surface area contributed by atoms with Gasteiger partial charge >= 0.3 is 0 Å². The van der Waals surface area contributed by atoms with Crippen LogP contribution >= 0.6 is 0 Å². The molecule has 3 heteroatoms. The second-order valence-corrected chi connectivity index (χ2v) is 15.5. The molecule has 5 aromatic rings. The van der Waals surface area contributed by atoms with Gasteiger partial charge in [-0.2, -0.15) is 0 Å². The van der Waals surface area contributed by atoms with Gasteiger partial charge in [-0.3, -0.25) is 4.99 Å². The summed E-state index contributed by atoms with van der Waals surface area (Å²) in [7, 11) is 0. The normalized spacial score (nSPS) is 19.8. The van der Waals surface area contributed by atoms with Gasteiger partial charge < -0.3 is 0 Å². The summed E-state index contributed by atoms with van der Waals surface area (Å²) in [5.41, 5.74) is 20.0. The van der Waals surface area contributed by atoms with Crippen molar-refractivity contribution in [3.05, 3.63) is 202 Å². The van der Waals surface area contributed by atoms with Gasteiger partial charge in [0.05, 0.1) is 12.0 Å². The first-order valence-electron chi connectivity index (χ1n) is 20.3. The van der Waals surface area contributed by atoms with E-state index in [4.69, 9.17) is 9.98 Å². The molecule has 272 valence electrons. The second kappa shape index (κ2) is 14.5. The number of allylic oxidation sites excluding steroid dienone is 8. The van der Waals surface area contributed by atoms with Crippen molar-refractivity contribution in [1.82, 2.24) is 0 Å². The molecular weight excluding hydrogens is 679 g/mol. The van der Waals surface area contributed by atoms with Crippen LogP contribution in [0.2, 0.25) is 0 Å². The van der Waals surface area contributed by atoms with Crippen molar-refractivity contribution in [3.8, 4) is 22.3 Å². The van der Waals surface area contributed by atoms with Crippen molar-refractivity contribution in [1.29, 1.82) is 0 Å². The van der Waals surface area contributed by atoms with E-state index < -0.39 is 0 Å². The Labute approximate surface area is 330 Å². The molecule has 5 aromatic carbocycles. The molecular formula is C53H45N3. The van der Waals surface area contributed by atoms with Crippen LogP contribution in [0.15, 0.2) is 183 Å². The van der Waals surface area contributed by atoms with E-state index in [1.807, 2.05) is 30.3 Å². The zero-order chi connectivity index (χ0) is 37.5. The molecule has 5 aliphatic carbocycles. The third-order valence-electron chi connectivity index (χ3n) is 12.4. The fourth-order valence-corrected chi connectivity index (χ4v) is 10.0. The van der Waals surface area contributed by atoms with E-state index in [2.05, 4.69) is 133 Å². The van der Waals surface area contributed by atoms with Crippen LogP contribution in [0.4, 0.5) is 0 Å². The lowest BCUT2D eigenvalue weighted by Crippen LogP contribution is -2.29. The number of aliphatic imine (C=N–C) groups is 3. The van der Waals surface area contributed by atoms with Crippen LogP contribution in [0.5, 0.6) is 0 Å². The summed E-state index contributed by atoms with van der Waals surface area (Å²) in [6, 6.07) is 44.4. The van der Waals surface area contributed by atoms with E-state index in [0.717, 1.165) is 48.8 Å². The van der Waals surface area contributed by atoms with E-state index in [1.165, 1.54) is 74.9 Å². The molecule has 0 aromatic heterocycles.